The number of hydrogen-bond acceptors (Lipinski definition) is 3. The lowest BCUT2D eigenvalue weighted by molar-refractivity contribution is -0.128. The molecule has 1 N–H and O–H groups in total. The minimum Gasteiger partial charge on any atom is -0.379 e. The Bertz CT molecular complexity index is 776. The van der Waals surface area contributed by atoms with Gasteiger partial charge in [0.15, 0.2) is 0 Å². The van der Waals surface area contributed by atoms with Crippen molar-refractivity contribution in [2.24, 2.45) is 5.92 Å². The van der Waals surface area contributed by atoms with E-state index in [9.17, 15) is 10.1 Å². The van der Waals surface area contributed by atoms with Crippen molar-refractivity contribution in [3.05, 3.63) is 83.6 Å². The number of nitrogens with zero attached hydrogens (tertiary/aromatic N) is 2. The van der Waals surface area contributed by atoms with Crippen molar-refractivity contribution < 1.29 is 4.79 Å². The second-order valence-corrected chi connectivity index (χ2v) is 7.07. The number of piperidine rings is 1. The third kappa shape index (κ3) is 4.77. The van der Waals surface area contributed by atoms with Gasteiger partial charge in [0.1, 0.15) is 11.6 Å². The molecule has 138 valence electrons. The van der Waals surface area contributed by atoms with E-state index in [1.165, 1.54) is 0 Å². The van der Waals surface area contributed by atoms with Gasteiger partial charge in [0.05, 0.1) is 6.04 Å². The summed E-state index contributed by atoms with van der Waals surface area (Å²) in [5, 5.41) is 12.8. The van der Waals surface area contributed by atoms with Crippen molar-refractivity contribution in [1.29, 1.82) is 5.26 Å². The molecule has 0 saturated carbocycles. The molecule has 2 aromatic rings. The van der Waals surface area contributed by atoms with Gasteiger partial charge in [-0.1, -0.05) is 67.6 Å². The molecule has 4 nitrogen and oxygen atoms in total. The van der Waals surface area contributed by atoms with E-state index in [1.54, 1.807) is 11.1 Å². The van der Waals surface area contributed by atoms with Gasteiger partial charge in [0.2, 0.25) is 0 Å². The summed E-state index contributed by atoms with van der Waals surface area (Å²) < 4.78 is 0. The van der Waals surface area contributed by atoms with Gasteiger partial charge in [-0.05, 0) is 29.9 Å². The van der Waals surface area contributed by atoms with Crippen molar-refractivity contribution in [1.82, 2.24) is 10.2 Å². The largest absolute Gasteiger partial charge is 0.379 e. The summed E-state index contributed by atoms with van der Waals surface area (Å²) >= 11 is 0. The van der Waals surface area contributed by atoms with E-state index in [1.807, 2.05) is 60.7 Å². The van der Waals surface area contributed by atoms with E-state index in [0.29, 0.717) is 5.92 Å². The molecule has 0 radical (unpaired) electrons. The lowest BCUT2D eigenvalue weighted by atomic mass is 9.98. The highest BCUT2D eigenvalue weighted by Gasteiger charge is 2.23. The fourth-order valence-corrected chi connectivity index (χ4v) is 3.37. The predicted molar refractivity (Wildman–Crippen MR) is 107 cm³/mol. The number of carbonyl (C=O) groups excluding carboxylic acids is 1. The first-order chi connectivity index (χ1) is 13.2. The lowest BCUT2D eigenvalue weighted by Gasteiger charge is -2.30. The van der Waals surface area contributed by atoms with Crippen LogP contribution in [0.25, 0.3) is 0 Å². The molecule has 4 heteroatoms. The molecule has 2 aromatic carbocycles. The van der Waals surface area contributed by atoms with Gasteiger partial charge in [-0.3, -0.25) is 4.79 Å². The van der Waals surface area contributed by atoms with E-state index < -0.39 is 0 Å². The van der Waals surface area contributed by atoms with E-state index in [2.05, 4.69) is 18.3 Å². The highest BCUT2D eigenvalue weighted by atomic mass is 16.2. The van der Waals surface area contributed by atoms with Gasteiger partial charge < -0.3 is 10.2 Å². The first kappa shape index (κ1) is 18.7. The predicted octanol–water partition coefficient (Wildman–Crippen LogP) is 4.03. The van der Waals surface area contributed by atoms with Crippen LogP contribution in [0.3, 0.4) is 0 Å². The molecule has 1 saturated heterocycles. The molecule has 1 amide bonds. The van der Waals surface area contributed by atoms with E-state index in [-0.39, 0.29) is 17.5 Å². The van der Waals surface area contributed by atoms with Gasteiger partial charge in [-0.2, -0.15) is 5.26 Å². The van der Waals surface area contributed by atoms with Crippen LogP contribution in [0.4, 0.5) is 0 Å². The normalized spacial score (nSPS) is 15.4. The Morgan fingerprint density at radius 2 is 1.59 bits per heavy atom. The molecule has 0 aromatic heterocycles. The maximum atomic E-state index is 12.7. The zero-order valence-electron chi connectivity index (χ0n) is 15.6. The Hall–Kier alpha value is -3.06. The molecule has 1 fully saturated rings. The van der Waals surface area contributed by atoms with Gasteiger partial charge in [0.25, 0.3) is 5.91 Å². The van der Waals surface area contributed by atoms with Crippen molar-refractivity contribution in [3.8, 4) is 6.07 Å². The standard InChI is InChI=1S/C23H25N3O/c1-18-12-14-26(15-13-18)23(27)21(16-24)17-25-22(19-8-4-2-5-9-19)20-10-6-3-7-11-20/h2-11,17-18,22,25H,12-15H2,1H3/b21-17-. The first-order valence-electron chi connectivity index (χ1n) is 9.44. The quantitative estimate of drug-likeness (QED) is 0.648. The molecule has 3 rings (SSSR count). The van der Waals surface area contributed by atoms with Crippen LogP contribution in [-0.2, 0) is 4.79 Å². The molecule has 1 aliphatic rings. The van der Waals surface area contributed by atoms with Crippen LogP contribution in [0, 0.1) is 17.2 Å². The van der Waals surface area contributed by atoms with Gasteiger partial charge in [-0.25, -0.2) is 0 Å². The summed E-state index contributed by atoms with van der Waals surface area (Å²) in [4.78, 5) is 14.5. The number of rotatable bonds is 5. The number of nitrogens with one attached hydrogen (secondary N) is 1. The Balaban J connectivity index is 1.80. The number of carbonyl (C=O) groups is 1. The number of benzene rings is 2. The number of amides is 1. The number of nitriles is 1. The third-order valence-electron chi connectivity index (χ3n) is 5.08. The maximum Gasteiger partial charge on any atom is 0.265 e. The van der Waals surface area contributed by atoms with E-state index in [4.69, 9.17) is 0 Å². The second kappa shape index (κ2) is 9.05. The van der Waals surface area contributed by atoms with Crippen LogP contribution in [0.15, 0.2) is 72.4 Å². The van der Waals surface area contributed by atoms with Crippen molar-refractivity contribution in [2.45, 2.75) is 25.8 Å². The molecule has 0 unspecified atom stereocenters. The fourth-order valence-electron chi connectivity index (χ4n) is 3.37. The fraction of sp³-hybridized carbons (Fsp3) is 0.304. The molecule has 0 bridgehead atoms. The minimum absolute atomic E-state index is 0.120. The van der Waals surface area contributed by atoms with Crippen LogP contribution >= 0.6 is 0 Å². The molecule has 1 heterocycles. The SMILES string of the molecule is CC1CCN(C(=O)/C(C#N)=C\NC(c2ccccc2)c2ccccc2)CC1. The van der Waals surface area contributed by atoms with Crippen LogP contribution < -0.4 is 5.32 Å². The Labute approximate surface area is 161 Å². The summed E-state index contributed by atoms with van der Waals surface area (Å²) in [6.45, 7) is 3.65. The summed E-state index contributed by atoms with van der Waals surface area (Å²) in [6, 6.07) is 22.0. The van der Waals surface area contributed by atoms with Crippen LogP contribution in [-0.4, -0.2) is 23.9 Å². The zero-order valence-corrected chi connectivity index (χ0v) is 15.6. The van der Waals surface area contributed by atoms with Crippen molar-refractivity contribution in [2.75, 3.05) is 13.1 Å². The summed E-state index contributed by atoms with van der Waals surface area (Å²) in [5.41, 5.74) is 2.31. The molecule has 27 heavy (non-hydrogen) atoms. The second-order valence-electron chi connectivity index (χ2n) is 7.07. The highest BCUT2D eigenvalue weighted by molar-refractivity contribution is 5.97. The molecule has 0 aliphatic carbocycles. The number of hydrogen-bond donors (Lipinski definition) is 1. The van der Waals surface area contributed by atoms with Crippen LogP contribution in [0.5, 0.6) is 0 Å². The molecule has 0 atom stereocenters. The van der Waals surface area contributed by atoms with Gasteiger partial charge >= 0.3 is 0 Å². The maximum absolute atomic E-state index is 12.7. The molecular formula is C23H25N3O. The highest BCUT2D eigenvalue weighted by Crippen LogP contribution is 2.22. The van der Waals surface area contributed by atoms with Crippen molar-refractivity contribution in [3.63, 3.8) is 0 Å². The van der Waals surface area contributed by atoms with E-state index >= 15 is 0 Å². The number of likely N-dealkylation sites (tertiary alicyclic amines) is 1. The third-order valence-corrected chi connectivity index (χ3v) is 5.08. The van der Waals surface area contributed by atoms with Crippen molar-refractivity contribution >= 4 is 5.91 Å². The molecular weight excluding hydrogens is 334 g/mol. The van der Waals surface area contributed by atoms with Crippen LogP contribution in [0.2, 0.25) is 0 Å². The summed E-state index contributed by atoms with van der Waals surface area (Å²) in [6.07, 6.45) is 3.56. The first-order valence-corrected chi connectivity index (χ1v) is 9.44. The lowest BCUT2D eigenvalue weighted by Crippen LogP contribution is -2.38. The van der Waals surface area contributed by atoms with E-state index in [0.717, 1.165) is 37.1 Å². The Morgan fingerprint density at radius 1 is 1.07 bits per heavy atom. The topological polar surface area (TPSA) is 56.1 Å². The monoisotopic (exact) mass is 359 g/mol. The Morgan fingerprint density at radius 3 is 2.07 bits per heavy atom. The zero-order chi connectivity index (χ0) is 19.1. The average Bonchev–Trinajstić information content (AvgIpc) is 2.73. The summed E-state index contributed by atoms with van der Waals surface area (Å²) in [5.74, 6) is 0.457. The average molecular weight is 359 g/mol. The van der Waals surface area contributed by atoms with Gasteiger partial charge in [-0.15, -0.1) is 0 Å². The Kier molecular flexibility index (Phi) is 6.27. The summed E-state index contributed by atoms with van der Waals surface area (Å²) in [7, 11) is 0. The van der Waals surface area contributed by atoms with Gasteiger partial charge in [0, 0.05) is 19.3 Å². The molecule has 0 spiro atoms. The smallest absolute Gasteiger partial charge is 0.265 e. The molecule has 1 aliphatic heterocycles. The minimum atomic E-state index is -0.184. The van der Waals surface area contributed by atoms with Crippen LogP contribution in [0.1, 0.15) is 36.9 Å².